The van der Waals surface area contributed by atoms with E-state index in [1.54, 1.807) is 13.3 Å². The predicted octanol–water partition coefficient (Wildman–Crippen LogP) is 4.33. The van der Waals surface area contributed by atoms with E-state index < -0.39 is 0 Å². The van der Waals surface area contributed by atoms with Crippen molar-refractivity contribution in [2.45, 2.75) is 39.5 Å². The number of carbonyl (C=O) groups is 1. The predicted molar refractivity (Wildman–Crippen MR) is 124 cm³/mol. The van der Waals surface area contributed by atoms with Gasteiger partial charge in [-0.1, -0.05) is 18.2 Å². The van der Waals surface area contributed by atoms with E-state index in [-0.39, 0.29) is 18.1 Å². The summed E-state index contributed by atoms with van der Waals surface area (Å²) >= 11 is 1.44. The van der Waals surface area contributed by atoms with Crippen LogP contribution in [0.2, 0.25) is 0 Å². The fraction of sp³-hybridized carbons (Fsp3) is 0.417. The second kappa shape index (κ2) is 9.34. The largest absolute Gasteiger partial charge is 0.496 e. The Morgan fingerprint density at radius 1 is 1.39 bits per heavy atom. The first-order valence-electron chi connectivity index (χ1n) is 10.6. The molecule has 31 heavy (non-hydrogen) atoms. The minimum atomic E-state index is -0.184. The molecule has 7 heteroatoms. The average Bonchev–Trinajstić information content (AvgIpc) is 3.14. The summed E-state index contributed by atoms with van der Waals surface area (Å²) in [6.07, 6.45) is 1.58. The number of nitrogens with one attached hydrogen (secondary N) is 1. The van der Waals surface area contributed by atoms with E-state index in [0.29, 0.717) is 18.0 Å². The Labute approximate surface area is 187 Å². The van der Waals surface area contributed by atoms with Crippen molar-refractivity contribution in [2.75, 3.05) is 26.8 Å². The zero-order chi connectivity index (χ0) is 22.0. The fourth-order valence-electron chi connectivity index (χ4n) is 4.01. The minimum Gasteiger partial charge on any atom is -0.496 e. The van der Waals surface area contributed by atoms with Gasteiger partial charge in [0.1, 0.15) is 15.5 Å². The van der Waals surface area contributed by atoms with Crippen LogP contribution >= 0.6 is 11.3 Å². The topological polar surface area (TPSA) is 63.7 Å². The molecule has 0 aliphatic carbocycles. The maximum absolute atomic E-state index is 13.0. The second-order valence-corrected chi connectivity index (χ2v) is 9.24. The van der Waals surface area contributed by atoms with Gasteiger partial charge in [-0.25, -0.2) is 4.98 Å². The van der Waals surface area contributed by atoms with E-state index in [9.17, 15) is 4.79 Å². The van der Waals surface area contributed by atoms with E-state index in [1.807, 2.05) is 26.0 Å². The van der Waals surface area contributed by atoms with Crippen LogP contribution in [-0.4, -0.2) is 48.6 Å². The summed E-state index contributed by atoms with van der Waals surface area (Å²) in [7, 11) is 1.71. The van der Waals surface area contributed by atoms with Gasteiger partial charge in [-0.2, -0.15) is 0 Å². The summed E-state index contributed by atoms with van der Waals surface area (Å²) in [5, 5.41) is 4.03. The molecule has 1 amide bonds. The van der Waals surface area contributed by atoms with E-state index in [1.165, 1.54) is 16.9 Å². The summed E-state index contributed by atoms with van der Waals surface area (Å²) in [6.45, 7) is 8.93. The monoisotopic (exact) mass is 439 g/mol. The molecule has 0 saturated carbocycles. The van der Waals surface area contributed by atoms with Crippen LogP contribution in [0.1, 0.15) is 46.3 Å². The number of nitrogens with zero attached hydrogens (tertiary/aromatic N) is 2. The Morgan fingerprint density at radius 2 is 2.23 bits per heavy atom. The van der Waals surface area contributed by atoms with Crippen molar-refractivity contribution in [3.63, 3.8) is 0 Å². The molecule has 1 aliphatic heterocycles. The maximum Gasteiger partial charge on any atom is 0.262 e. The first-order valence-corrected chi connectivity index (χ1v) is 11.4. The number of aromatic nitrogens is 1. The number of hydrogen-bond donors (Lipinski definition) is 1. The SMILES string of the molecule is COc1cc(C)ccc1CN1CCO[C@@H](c2c(C(=O)NC(C)C)sc3ncccc23)C1. The second-order valence-electron chi connectivity index (χ2n) is 8.24. The van der Waals surface area contributed by atoms with Crippen molar-refractivity contribution < 1.29 is 14.3 Å². The molecular formula is C24H29N3O3S. The van der Waals surface area contributed by atoms with Crippen molar-refractivity contribution in [2.24, 2.45) is 0 Å². The number of carbonyl (C=O) groups excluding carboxylic acids is 1. The quantitative estimate of drug-likeness (QED) is 0.620. The molecular weight excluding hydrogens is 410 g/mol. The number of hydrogen-bond acceptors (Lipinski definition) is 6. The van der Waals surface area contributed by atoms with E-state index in [0.717, 1.165) is 40.2 Å². The molecule has 6 nitrogen and oxygen atoms in total. The van der Waals surface area contributed by atoms with Crippen LogP contribution in [0.5, 0.6) is 5.75 Å². The molecule has 3 aromatic rings. The number of rotatable bonds is 6. The van der Waals surface area contributed by atoms with Crippen LogP contribution < -0.4 is 10.1 Å². The molecule has 0 spiro atoms. The molecule has 1 atom stereocenters. The van der Waals surface area contributed by atoms with E-state index in [4.69, 9.17) is 9.47 Å². The zero-order valence-electron chi connectivity index (χ0n) is 18.5. The normalized spacial score (nSPS) is 17.3. The van der Waals surface area contributed by atoms with Gasteiger partial charge in [0.05, 0.1) is 19.8 Å². The lowest BCUT2D eigenvalue weighted by Gasteiger charge is -2.33. The first-order chi connectivity index (χ1) is 15.0. The molecule has 1 aromatic carbocycles. The molecule has 2 aromatic heterocycles. The molecule has 1 fully saturated rings. The van der Waals surface area contributed by atoms with Gasteiger partial charge in [0.25, 0.3) is 5.91 Å². The van der Waals surface area contributed by atoms with Gasteiger partial charge in [0, 0.05) is 48.4 Å². The summed E-state index contributed by atoms with van der Waals surface area (Å²) in [5.74, 6) is 0.846. The minimum absolute atomic E-state index is 0.0612. The molecule has 1 aliphatic rings. The first kappa shape index (κ1) is 21.7. The smallest absolute Gasteiger partial charge is 0.262 e. The number of methoxy groups -OCH3 is 1. The highest BCUT2D eigenvalue weighted by Crippen LogP contribution is 2.37. The van der Waals surface area contributed by atoms with Gasteiger partial charge in [-0.15, -0.1) is 11.3 Å². The molecule has 1 saturated heterocycles. The third kappa shape index (κ3) is 4.74. The number of pyridine rings is 1. The highest BCUT2D eigenvalue weighted by Gasteiger charge is 2.30. The third-order valence-electron chi connectivity index (χ3n) is 5.44. The summed E-state index contributed by atoms with van der Waals surface area (Å²) in [5.41, 5.74) is 3.29. The highest BCUT2D eigenvalue weighted by atomic mass is 32.1. The number of fused-ring (bicyclic) bond motifs is 1. The molecule has 164 valence electrons. The standard InChI is InChI=1S/C24H29N3O3S/c1-15(2)26-23(28)22-21(18-6-5-9-25-24(18)31-22)20-14-27(10-11-30-20)13-17-8-7-16(3)12-19(17)29-4/h5-9,12,15,20H,10-11,13-14H2,1-4H3,(H,26,28)/t20-/m1/s1. The number of aryl methyl sites for hydroxylation is 1. The number of ether oxygens (including phenoxy) is 2. The van der Waals surface area contributed by atoms with Crippen molar-refractivity contribution in [3.05, 3.63) is 58.1 Å². The molecule has 3 heterocycles. The Balaban J connectivity index is 1.63. The Hall–Kier alpha value is -2.48. The van der Waals surface area contributed by atoms with Gasteiger partial charge in [0.15, 0.2) is 0 Å². The van der Waals surface area contributed by atoms with Gasteiger partial charge < -0.3 is 14.8 Å². The lowest BCUT2D eigenvalue weighted by Crippen LogP contribution is -2.38. The summed E-state index contributed by atoms with van der Waals surface area (Å²) < 4.78 is 11.8. The highest BCUT2D eigenvalue weighted by molar-refractivity contribution is 7.20. The average molecular weight is 440 g/mol. The zero-order valence-corrected chi connectivity index (χ0v) is 19.3. The van der Waals surface area contributed by atoms with Gasteiger partial charge >= 0.3 is 0 Å². The summed E-state index contributed by atoms with van der Waals surface area (Å²) in [4.78, 5) is 21.4. The fourth-order valence-corrected chi connectivity index (χ4v) is 5.11. The van der Waals surface area contributed by atoms with Gasteiger partial charge in [-0.05, 0) is 38.5 Å². The van der Waals surface area contributed by atoms with Crippen LogP contribution in [0.15, 0.2) is 36.5 Å². The Morgan fingerprint density at radius 3 is 3.00 bits per heavy atom. The van der Waals surface area contributed by atoms with Crippen LogP contribution in [0, 0.1) is 6.92 Å². The van der Waals surface area contributed by atoms with Crippen LogP contribution in [-0.2, 0) is 11.3 Å². The van der Waals surface area contributed by atoms with Gasteiger partial charge in [0.2, 0.25) is 0 Å². The van der Waals surface area contributed by atoms with Crippen LogP contribution in [0.25, 0.3) is 10.2 Å². The third-order valence-corrected chi connectivity index (χ3v) is 6.57. The summed E-state index contributed by atoms with van der Waals surface area (Å²) in [6, 6.07) is 10.3. The number of benzene rings is 1. The maximum atomic E-state index is 13.0. The van der Waals surface area contributed by atoms with Crippen molar-refractivity contribution in [1.82, 2.24) is 15.2 Å². The number of thiophene rings is 1. The van der Waals surface area contributed by atoms with Crippen LogP contribution in [0.3, 0.4) is 0 Å². The van der Waals surface area contributed by atoms with Crippen molar-refractivity contribution >= 4 is 27.5 Å². The van der Waals surface area contributed by atoms with Crippen LogP contribution in [0.4, 0.5) is 0 Å². The molecule has 0 radical (unpaired) electrons. The molecule has 4 rings (SSSR count). The number of morpholine rings is 1. The Bertz CT molecular complexity index is 1080. The van der Waals surface area contributed by atoms with Crippen molar-refractivity contribution in [3.8, 4) is 5.75 Å². The number of amides is 1. The molecule has 0 unspecified atom stereocenters. The van der Waals surface area contributed by atoms with Gasteiger partial charge in [-0.3, -0.25) is 9.69 Å². The molecule has 0 bridgehead atoms. The van der Waals surface area contributed by atoms with E-state index in [2.05, 4.69) is 40.3 Å². The lowest BCUT2D eigenvalue weighted by molar-refractivity contribution is -0.0325. The van der Waals surface area contributed by atoms with E-state index >= 15 is 0 Å². The molecule has 1 N–H and O–H groups in total. The van der Waals surface area contributed by atoms with Crippen molar-refractivity contribution in [1.29, 1.82) is 0 Å². The Kier molecular flexibility index (Phi) is 6.55. The lowest BCUT2D eigenvalue weighted by atomic mass is 10.0.